The minimum absolute atomic E-state index is 0.0255. The molecule has 0 saturated heterocycles. The smallest absolute Gasteiger partial charge is 0.215 e. The Bertz CT molecular complexity index is 923. The van der Waals surface area contributed by atoms with Crippen LogP contribution in [0.25, 0.3) is 0 Å². The number of aromatic carboxylic acids is 2. The number of thiophene rings is 1. The van der Waals surface area contributed by atoms with Crippen molar-refractivity contribution in [1.82, 2.24) is 0 Å². The minimum atomic E-state index is -1.29. The molecule has 3 rings (SSSR count). The van der Waals surface area contributed by atoms with Gasteiger partial charge in [0.25, 0.3) is 0 Å². The lowest BCUT2D eigenvalue weighted by Gasteiger charge is -2.21. The number of carboxylic acid groups (broad SMARTS) is 2. The fraction of sp³-hybridized carbons (Fsp3) is 0.0500. The number of carbonyl (C=O) groups excluding carboxylic acids is 3. The van der Waals surface area contributed by atoms with Gasteiger partial charge in [0, 0.05) is 11.4 Å². The van der Waals surface area contributed by atoms with Crippen molar-refractivity contribution in [3.8, 4) is 0 Å². The van der Waals surface area contributed by atoms with Gasteiger partial charge >= 0.3 is 0 Å². The van der Waals surface area contributed by atoms with Gasteiger partial charge in [0.1, 0.15) is 0 Å². The summed E-state index contributed by atoms with van der Waals surface area (Å²) in [6.45, 7) is 0. The van der Waals surface area contributed by atoms with Crippen LogP contribution >= 0.6 is 11.3 Å². The number of ketones is 1. The monoisotopic (exact) mass is 394 g/mol. The molecule has 0 unspecified atom stereocenters. The van der Waals surface area contributed by atoms with Gasteiger partial charge in [0.2, 0.25) is 5.78 Å². The van der Waals surface area contributed by atoms with E-state index in [-0.39, 0.29) is 16.9 Å². The molecule has 0 fully saturated rings. The molecule has 0 aliphatic carbocycles. The lowest BCUT2D eigenvalue weighted by Crippen LogP contribution is -2.37. The molecule has 0 atom stereocenters. The zero-order chi connectivity index (χ0) is 20.1. The molecular weight excluding hydrogens is 380 g/mol. The summed E-state index contributed by atoms with van der Waals surface area (Å²) in [6, 6.07) is 15.1. The number of rotatable bonds is 8. The maximum absolute atomic E-state index is 12.8. The Kier molecular flexibility index (Phi) is 5.71. The lowest BCUT2D eigenvalue weighted by atomic mass is 10.1. The maximum atomic E-state index is 12.8. The standard InChI is InChI=1S/C20H16N2O5S/c23-17(16-2-1-11-28-16)18(21-14-7-3-12(4-8-14)19(24)25)22-15-9-5-13(6-10-15)20(26)27/h1-11,18,21-22H,(H,24,25)(H,26,27)/p-2. The number of anilines is 2. The largest absolute Gasteiger partial charge is 0.545 e. The van der Waals surface area contributed by atoms with Crippen LogP contribution in [0.1, 0.15) is 30.4 Å². The van der Waals surface area contributed by atoms with Crippen molar-refractivity contribution in [2.75, 3.05) is 10.6 Å². The first-order valence-corrected chi connectivity index (χ1v) is 9.05. The third-order valence-electron chi connectivity index (χ3n) is 3.89. The summed E-state index contributed by atoms with van der Waals surface area (Å²) < 4.78 is 0. The number of carboxylic acids is 2. The summed E-state index contributed by atoms with van der Waals surface area (Å²) in [5, 5.41) is 29.6. The van der Waals surface area contributed by atoms with Gasteiger partial charge in [-0.1, -0.05) is 30.3 Å². The highest BCUT2D eigenvalue weighted by molar-refractivity contribution is 7.12. The molecule has 0 amide bonds. The molecule has 1 heterocycles. The summed E-state index contributed by atoms with van der Waals surface area (Å²) in [7, 11) is 0. The number of hydrogen-bond acceptors (Lipinski definition) is 8. The topological polar surface area (TPSA) is 121 Å². The van der Waals surface area contributed by atoms with Crippen molar-refractivity contribution in [2.24, 2.45) is 0 Å². The molecule has 0 spiro atoms. The van der Waals surface area contributed by atoms with Gasteiger partial charge in [-0.05, 0) is 46.8 Å². The number of carbonyl (C=O) groups is 3. The van der Waals surface area contributed by atoms with Crippen molar-refractivity contribution in [3.63, 3.8) is 0 Å². The Morgan fingerprint density at radius 2 is 1.21 bits per heavy atom. The second kappa shape index (κ2) is 8.36. The zero-order valence-electron chi connectivity index (χ0n) is 14.4. The second-order valence-electron chi connectivity index (χ2n) is 5.79. The van der Waals surface area contributed by atoms with Crippen molar-refractivity contribution in [2.45, 2.75) is 6.17 Å². The van der Waals surface area contributed by atoms with Crippen LogP contribution in [-0.2, 0) is 0 Å². The number of Topliss-reactive ketones (excluding diaryl/α,β-unsaturated/α-hetero) is 1. The van der Waals surface area contributed by atoms with Crippen LogP contribution in [0.5, 0.6) is 0 Å². The Morgan fingerprint density at radius 1 is 0.750 bits per heavy atom. The molecule has 0 saturated carbocycles. The summed E-state index contributed by atoms with van der Waals surface area (Å²) in [4.78, 5) is 35.1. The molecule has 8 heteroatoms. The van der Waals surface area contributed by atoms with Crippen LogP contribution in [0, 0.1) is 0 Å². The average molecular weight is 394 g/mol. The van der Waals surface area contributed by atoms with E-state index in [1.807, 2.05) is 0 Å². The Hall–Kier alpha value is -3.65. The number of benzene rings is 2. The van der Waals surface area contributed by atoms with E-state index in [2.05, 4.69) is 10.6 Å². The molecule has 2 aromatic carbocycles. The molecule has 0 aliphatic heterocycles. The zero-order valence-corrected chi connectivity index (χ0v) is 15.2. The quantitative estimate of drug-likeness (QED) is 0.435. The van der Waals surface area contributed by atoms with Crippen LogP contribution in [0.3, 0.4) is 0 Å². The number of hydrogen-bond donors (Lipinski definition) is 2. The Labute approximate surface area is 164 Å². The van der Waals surface area contributed by atoms with E-state index in [0.717, 1.165) is 0 Å². The number of nitrogens with one attached hydrogen (secondary N) is 2. The molecule has 0 radical (unpaired) electrons. The molecule has 0 aliphatic rings. The average Bonchev–Trinajstić information content (AvgIpc) is 3.22. The van der Waals surface area contributed by atoms with Gasteiger partial charge in [0.15, 0.2) is 6.17 Å². The molecule has 2 N–H and O–H groups in total. The van der Waals surface area contributed by atoms with E-state index in [9.17, 15) is 24.6 Å². The maximum Gasteiger partial charge on any atom is 0.215 e. The Balaban J connectivity index is 1.83. The van der Waals surface area contributed by atoms with Gasteiger partial charge in [-0.25, -0.2) is 0 Å². The highest BCUT2D eigenvalue weighted by Crippen LogP contribution is 2.18. The third-order valence-corrected chi connectivity index (χ3v) is 4.77. The van der Waals surface area contributed by atoms with E-state index in [4.69, 9.17) is 0 Å². The van der Waals surface area contributed by atoms with E-state index < -0.39 is 18.1 Å². The summed E-state index contributed by atoms with van der Waals surface area (Å²) >= 11 is 1.29. The Morgan fingerprint density at radius 3 is 1.57 bits per heavy atom. The normalized spacial score (nSPS) is 10.5. The van der Waals surface area contributed by atoms with E-state index in [0.29, 0.717) is 16.3 Å². The van der Waals surface area contributed by atoms with Crippen molar-refractivity contribution in [1.29, 1.82) is 0 Å². The van der Waals surface area contributed by atoms with Crippen LogP contribution in [0.2, 0.25) is 0 Å². The summed E-state index contributed by atoms with van der Waals surface area (Å²) in [5.41, 5.74) is 1.10. The third kappa shape index (κ3) is 4.54. The first-order chi connectivity index (χ1) is 13.4. The van der Waals surface area contributed by atoms with Gasteiger partial charge in [0.05, 0.1) is 16.8 Å². The molecule has 1 aromatic heterocycles. The van der Waals surface area contributed by atoms with Crippen LogP contribution in [-0.4, -0.2) is 23.9 Å². The van der Waals surface area contributed by atoms with Gasteiger partial charge in [-0.2, -0.15) is 0 Å². The first kappa shape index (κ1) is 19.1. The highest BCUT2D eigenvalue weighted by atomic mass is 32.1. The van der Waals surface area contributed by atoms with E-state index >= 15 is 0 Å². The molecular formula is C20H14N2O5S-2. The van der Waals surface area contributed by atoms with Crippen LogP contribution in [0.4, 0.5) is 11.4 Å². The van der Waals surface area contributed by atoms with Crippen LogP contribution < -0.4 is 20.8 Å². The van der Waals surface area contributed by atoms with Gasteiger partial charge in [-0.3, -0.25) is 4.79 Å². The fourth-order valence-electron chi connectivity index (χ4n) is 2.47. The summed E-state index contributed by atoms with van der Waals surface area (Å²) in [5.74, 6) is -2.80. The second-order valence-corrected chi connectivity index (χ2v) is 6.74. The first-order valence-electron chi connectivity index (χ1n) is 8.17. The van der Waals surface area contributed by atoms with E-state index in [1.165, 1.54) is 59.9 Å². The molecule has 3 aromatic rings. The molecule has 28 heavy (non-hydrogen) atoms. The molecule has 0 bridgehead atoms. The predicted molar refractivity (Wildman–Crippen MR) is 101 cm³/mol. The fourth-order valence-corrected chi connectivity index (χ4v) is 3.16. The lowest BCUT2D eigenvalue weighted by molar-refractivity contribution is -0.256. The highest BCUT2D eigenvalue weighted by Gasteiger charge is 2.21. The van der Waals surface area contributed by atoms with Crippen molar-refractivity contribution >= 4 is 40.4 Å². The predicted octanol–water partition coefficient (Wildman–Crippen LogP) is 1.21. The van der Waals surface area contributed by atoms with Crippen molar-refractivity contribution in [3.05, 3.63) is 82.0 Å². The van der Waals surface area contributed by atoms with Gasteiger partial charge in [-0.15, -0.1) is 11.3 Å². The van der Waals surface area contributed by atoms with Crippen LogP contribution in [0.15, 0.2) is 66.0 Å². The SMILES string of the molecule is O=C([O-])c1ccc(NC(Nc2ccc(C(=O)[O-])cc2)C(=O)c2cccs2)cc1. The minimum Gasteiger partial charge on any atom is -0.545 e. The van der Waals surface area contributed by atoms with Crippen molar-refractivity contribution < 1.29 is 24.6 Å². The van der Waals surface area contributed by atoms with Gasteiger partial charge < -0.3 is 30.4 Å². The van der Waals surface area contributed by atoms with E-state index in [1.54, 1.807) is 17.5 Å². The summed E-state index contributed by atoms with van der Waals surface area (Å²) in [6.07, 6.45) is -0.860. The molecule has 7 nitrogen and oxygen atoms in total. The molecule has 142 valence electrons.